The number of rotatable bonds is 8. The highest BCUT2D eigenvalue weighted by Crippen LogP contribution is 2.47. The van der Waals surface area contributed by atoms with E-state index >= 15 is 0 Å². The van der Waals surface area contributed by atoms with Crippen LogP contribution < -0.4 is 0 Å². The van der Waals surface area contributed by atoms with Crippen LogP contribution >= 0.6 is 0 Å². The predicted octanol–water partition coefficient (Wildman–Crippen LogP) is 1.43. The molecule has 0 amide bonds. The molecule has 0 aromatic rings. The lowest BCUT2D eigenvalue weighted by atomic mass is 9.75. The summed E-state index contributed by atoms with van der Waals surface area (Å²) in [7, 11) is 0. The lowest BCUT2D eigenvalue weighted by Crippen LogP contribution is -2.23. The first-order valence-corrected chi connectivity index (χ1v) is 6.85. The Morgan fingerprint density at radius 3 is 1.62 bits per heavy atom. The number of esters is 2. The molecule has 0 spiro atoms. The molecule has 0 bridgehead atoms. The monoisotopic (exact) mass is 298 g/mol. The van der Waals surface area contributed by atoms with Gasteiger partial charge < -0.3 is 19.7 Å². The first-order chi connectivity index (χ1) is 9.94. The second kappa shape index (κ2) is 7.95. The zero-order chi connectivity index (χ0) is 15.9. The second-order valence-electron chi connectivity index (χ2n) is 5.39. The van der Waals surface area contributed by atoms with Crippen LogP contribution in [0, 0.1) is 5.41 Å². The molecule has 6 nitrogen and oxygen atoms in total. The van der Waals surface area contributed by atoms with Gasteiger partial charge in [0.2, 0.25) is 0 Å². The van der Waals surface area contributed by atoms with Crippen molar-refractivity contribution in [3.63, 3.8) is 0 Å². The van der Waals surface area contributed by atoms with E-state index in [4.69, 9.17) is 10.2 Å². The van der Waals surface area contributed by atoms with Crippen molar-refractivity contribution in [3.8, 4) is 0 Å². The number of hydrogen-bond acceptors (Lipinski definition) is 6. The quantitative estimate of drug-likeness (QED) is 0.400. The number of ether oxygens (including phenoxy) is 2. The van der Waals surface area contributed by atoms with E-state index < -0.39 is 25.5 Å². The van der Waals surface area contributed by atoms with Crippen molar-refractivity contribution in [3.05, 3.63) is 24.3 Å². The molecule has 1 fully saturated rings. The summed E-state index contributed by atoms with van der Waals surface area (Å²) >= 11 is 0. The lowest BCUT2D eigenvalue weighted by molar-refractivity contribution is -0.147. The summed E-state index contributed by atoms with van der Waals surface area (Å²) in [5.41, 5.74) is 0.278. The van der Waals surface area contributed by atoms with E-state index in [1.54, 1.807) is 0 Å². The average Bonchev–Trinajstić information content (AvgIpc) is 2.87. The summed E-state index contributed by atoms with van der Waals surface area (Å²) in [6, 6.07) is 0. The fourth-order valence-corrected chi connectivity index (χ4v) is 2.91. The number of carbonyl (C=O) groups excluding carboxylic acids is 2. The fourth-order valence-electron chi connectivity index (χ4n) is 2.91. The molecule has 0 aliphatic heterocycles. The molecule has 1 aliphatic carbocycles. The van der Waals surface area contributed by atoms with Crippen molar-refractivity contribution in [1.82, 2.24) is 0 Å². The van der Waals surface area contributed by atoms with Crippen molar-refractivity contribution in [1.29, 1.82) is 0 Å². The highest BCUT2D eigenvalue weighted by molar-refractivity contribution is 5.89. The molecule has 0 heterocycles. The first-order valence-electron chi connectivity index (χ1n) is 6.85. The Morgan fingerprint density at radius 1 is 0.905 bits per heavy atom. The Balaban J connectivity index is 2.70. The SMILES string of the molecule is C=C(CC1(CC(=C)C(=O)OCO)CCCC1)C(=O)OCO. The summed E-state index contributed by atoms with van der Waals surface area (Å²) in [5, 5.41) is 17.2. The lowest BCUT2D eigenvalue weighted by Gasteiger charge is -2.29. The normalized spacial score (nSPS) is 16.3. The van der Waals surface area contributed by atoms with Gasteiger partial charge in [-0.2, -0.15) is 0 Å². The maximum atomic E-state index is 11.6. The van der Waals surface area contributed by atoms with Gasteiger partial charge >= 0.3 is 11.9 Å². The third kappa shape index (κ3) is 4.99. The molecule has 0 radical (unpaired) electrons. The molecule has 0 atom stereocenters. The predicted molar refractivity (Wildman–Crippen MR) is 74.8 cm³/mol. The van der Waals surface area contributed by atoms with Gasteiger partial charge in [-0.15, -0.1) is 0 Å². The molecule has 6 heteroatoms. The first kappa shape index (κ1) is 17.4. The van der Waals surface area contributed by atoms with Gasteiger partial charge in [-0.1, -0.05) is 26.0 Å². The van der Waals surface area contributed by atoms with Gasteiger partial charge in [0.1, 0.15) is 0 Å². The smallest absolute Gasteiger partial charge is 0.335 e. The minimum Gasteiger partial charge on any atom is -0.435 e. The van der Waals surface area contributed by atoms with E-state index in [1.807, 2.05) is 0 Å². The summed E-state index contributed by atoms with van der Waals surface area (Å²) in [6.45, 7) is 6.04. The van der Waals surface area contributed by atoms with Crippen LogP contribution in [0.5, 0.6) is 0 Å². The Labute approximate surface area is 124 Å². The van der Waals surface area contributed by atoms with Crippen LogP contribution in [0.1, 0.15) is 38.5 Å². The van der Waals surface area contributed by atoms with Gasteiger partial charge in [0, 0.05) is 11.1 Å². The van der Waals surface area contributed by atoms with Gasteiger partial charge in [0.05, 0.1) is 0 Å². The van der Waals surface area contributed by atoms with E-state index in [0.29, 0.717) is 12.8 Å². The molecule has 0 aromatic carbocycles. The van der Waals surface area contributed by atoms with Gasteiger partial charge in [-0.25, -0.2) is 9.59 Å². The van der Waals surface area contributed by atoms with E-state index in [1.165, 1.54) is 0 Å². The standard InChI is InChI=1S/C15H22O6/c1-11(13(18)20-9-16)7-15(5-3-4-6-15)8-12(2)14(19)21-10-17/h16-17H,1-10H2. The minimum atomic E-state index is -0.680. The molecule has 2 N–H and O–H groups in total. The zero-order valence-corrected chi connectivity index (χ0v) is 12.1. The summed E-state index contributed by atoms with van der Waals surface area (Å²) in [6.07, 6.45) is 4.48. The van der Waals surface area contributed by atoms with Crippen LogP contribution in [0.3, 0.4) is 0 Å². The molecule has 1 rings (SSSR count). The summed E-state index contributed by atoms with van der Waals surface area (Å²) < 4.78 is 9.04. The summed E-state index contributed by atoms with van der Waals surface area (Å²) in [5.74, 6) is -1.26. The van der Waals surface area contributed by atoms with Crippen LogP contribution in [-0.4, -0.2) is 35.7 Å². The molecular weight excluding hydrogens is 276 g/mol. The molecule has 0 unspecified atom stereocenters. The third-order valence-corrected chi connectivity index (χ3v) is 3.81. The molecule has 1 aliphatic rings. The number of aliphatic hydroxyl groups is 2. The highest BCUT2D eigenvalue weighted by atomic mass is 16.6. The molecular formula is C15H22O6. The van der Waals surface area contributed by atoms with Crippen LogP contribution in [-0.2, 0) is 19.1 Å². The number of aliphatic hydroxyl groups excluding tert-OH is 2. The maximum Gasteiger partial charge on any atom is 0.335 e. The second-order valence-corrected chi connectivity index (χ2v) is 5.39. The van der Waals surface area contributed by atoms with Gasteiger partial charge in [0.25, 0.3) is 0 Å². The van der Waals surface area contributed by atoms with Crippen LogP contribution in [0.15, 0.2) is 24.3 Å². The third-order valence-electron chi connectivity index (χ3n) is 3.81. The van der Waals surface area contributed by atoms with Crippen LogP contribution in [0.25, 0.3) is 0 Å². The number of carbonyl (C=O) groups is 2. The molecule has 21 heavy (non-hydrogen) atoms. The van der Waals surface area contributed by atoms with Gasteiger partial charge in [-0.05, 0) is 31.1 Å². The number of hydrogen-bond donors (Lipinski definition) is 2. The molecule has 118 valence electrons. The Bertz CT molecular complexity index is 386. The Hall–Kier alpha value is -1.66. The van der Waals surface area contributed by atoms with E-state index in [9.17, 15) is 9.59 Å². The topological polar surface area (TPSA) is 93.1 Å². The summed E-state index contributed by atoms with van der Waals surface area (Å²) in [4.78, 5) is 23.1. The average molecular weight is 298 g/mol. The van der Waals surface area contributed by atoms with Crippen molar-refractivity contribution < 1.29 is 29.3 Å². The van der Waals surface area contributed by atoms with Crippen LogP contribution in [0.2, 0.25) is 0 Å². The van der Waals surface area contributed by atoms with Gasteiger partial charge in [0.15, 0.2) is 13.6 Å². The maximum absolute atomic E-state index is 11.6. The van der Waals surface area contributed by atoms with Crippen molar-refractivity contribution >= 4 is 11.9 Å². The van der Waals surface area contributed by atoms with E-state index in [-0.39, 0.29) is 16.6 Å². The Kier molecular flexibility index (Phi) is 6.58. The fraction of sp³-hybridized carbons (Fsp3) is 0.600. The van der Waals surface area contributed by atoms with E-state index in [0.717, 1.165) is 25.7 Å². The van der Waals surface area contributed by atoms with Crippen molar-refractivity contribution in [2.75, 3.05) is 13.6 Å². The zero-order valence-electron chi connectivity index (χ0n) is 12.1. The van der Waals surface area contributed by atoms with Crippen molar-refractivity contribution in [2.24, 2.45) is 5.41 Å². The van der Waals surface area contributed by atoms with Crippen molar-refractivity contribution in [2.45, 2.75) is 38.5 Å². The minimum absolute atomic E-state index is 0.267. The molecule has 0 aromatic heterocycles. The van der Waals surface area contributed by atoms with Crippen LogP contribution in [0.4, 0.5) is 0 Å². The van der Waals surface area contributed by atoms with E-state index in [2.05, 4.69) is 22.6 Å². The Morgan fingerprint density at radius 2 is 1.29 bits per heavy atom. The molecule has 1 saturated carbocycles. The molecule has 0 saturated heterocycles. The van der Waals surface area contributed by atoms with Gasteiger partial charge in [-0.3, -0.25) is 0 Å². The largest absolute Gasteiger partial charge is 0.435 e. The highest BCUT2D eigenvalue weighted by Gasteiger charge is 2.37.